The van der Waals surface area contributed by atoms with Crippen LogP contribution < -0.4 is 4.90 Å². The zero-order chi connectivity index (χ0) is 21.2. The molecular weight excluding hydrogens is 408 g/mol. The van der Waals surface area contributed by atoms with Crippen LogP contribution in [0.15, 0.2) is 79.1 Å². The minimum Gasteiger partial charge on any atom is -0.339 e. The van der Waals surface area contributed by atoms with E-state index in [1.165, 1.54) is 5.39 Å². The maximum atomic E-state index is 13.0. The molecule has 0 aliphatic carbocycles. The van der Waals surface area contributed by atoms with Gasteiger partial charge in [0.15, 0.2) is 0 Å². The van der Waals surface area contributed by atoms with Gasteiger partial charge in [0.25, 0.3) is 0 Å². The molecule has 1 fully saturated rings. The van der Waals surface area contributed by atoms with E-state index in [1.807, 2.05) is 58.1 Å². The fourth-order valence-corrected chi connectivity index (χ4v) is 4.42. The van der Waals surface area contributed by atoms with Crippen molar-refractivity contribution < 1.29 is 4.79 Å². The molecule has 1 aliphatic rings. The second-order valence-electron chi connectivity index (χ2n) is 7.76. The van der Waals surface area contributed by atoms with E-state index < -0.39 is 0 Å². The minimum atomic E-state index is 0.175. The lowest BCUT2D eigenvalue weighted by Gasteiger charge is -2.35. The Hall–Kier alpha value is -3.31. The maximum absolute atomic E-state index is 13.0. The predicted octanol–water partition coefficient (Wildman–Crippen LogP) is 4.57. The smallest absolute Gasteiger partial charge is 0.227 e. The number of nitrogens with zero attached hydrogens (tertiary/aromatic N) is 4. The van der Waals surface area contributed by atoms with E-state index in [4.69, 9.17) is 11.6 Å². The largest absolute Gasteiger partial charge is 0.339 e. The molecule has 4 aromatic rings. The fraction of sp³-hybridized carbons (Fsp3) is 0.200. The Morgan fingerprint density at radius 2 is 1.71 bits per heavy atom. The topological polar surface area (TPSA) is 41.4 Å². The van der Waals surface area contributed by atoms with Crippen LogP contribution in [0.5, 0.6) is 0 Å². The standard InChI is InChI=1S/C25H23ClN4O/c26-21-8-4-9-22(18-21)30-12-11-27-25(30)29-15-13-28(14-16-29)24(31)17-20-7-3-6-19-5-1-2-10-23(19)20/h1-12,18H,13-17H2. The molecule has 0 saturated carbocycles. The molecule has 1 aromatic heterocycles. The lowest BCUT2D eigenvalue weighted by Crippen LogP contribution is -2.49. The van der Waals surface area contributed by atoms with Gasteiger partial charge in [0.05, 0.1) is 6.42 Å². The van der Waals surface area contributed by atoms with Gasteiger partial charge in [0.1, 0.15) is 0 Å². The van der Waals surface area contributed by atoms with E-state index in [0.717, 1.165) is 35.7 Å². The van der Waals surface area contributed by atoms with Crippen molar-refractivity contribution in [2.24, 2.45) is 0 Å². The van der Waals surface area contributed by atoms with Crippen LogP contribution in [0.1, 0.15) is 5.56 Å². The fourth-order valence-electron chi connectivity index (χ4n) is 4.23. The normalized spacial score (nSPS) is 14.2. The van der Waals surface area contributed by atoms with Gasteiger partial charge in [-0.1, -0.05) is 60.1 Å². The van der Waals surface area contributed by atoms with Crippen LogP contribution in [-0.4, -0.2) is 46.5 Å². The lowest BCUT2D eigenvalue weighted by molar-refractivity contribution is -0.130. The van der Waals surface area contributed by atoms with Crippen LogP contribution in [0.25, 0.3) is 16.5 Å². The third kappa shape index (κ3) is 4.01. The van der Waals surface area contributed by atoms with Crippen molar-refractivity contribution in [2.45, 2.75) is 6.42 Å². The number of benzene rings is 3. The Morgan fingerprint density at radius 1 is 0.935 bits per heavy atom. The van der Waals surface area contributed by atoms with Gasteiger partial charge < -0.3 is 9.80 Å². The Kier molecular flexibility index (Phi) is 5.35. The van der Waals surface area contributed by atoms with Gasteiger partial charge in [-0.2, -0.15) is 0 Å². The first-order valence-electron chi connectivity index (χ1n) is 10.5. The lowest BCUT2D eigenvalue weighted by atomic mass is 10.0. The van der Waals surface area contributed by atoms with E-state index in [2.05, 4.69) is 34.1 Å². The van der Waals surface area contributed by atoms with Crippen LogP contribution in [-0.2, 0) is 11.2 Å². The predicted molar refractivity (Wildman–Crippen MR) is 125 cm³/mol. The van der Waals surface area contributed by atoms with E-state index in [1.54, 1.807) is 6.20 Å². The number of amides is 1. The van der Waals surface area contributed by atoms with E-state index in [0.29, 0.717) is 24.5 Å². The quantitative estimate of drug-likeness (QED) is 0.476. The highest BCUT2D eigenvalue weighted by molar-refractivity contribution is 6.30. The molecule has 0 radical (unpaired) electrons. The third-order valence-electron chi connectivity index (χ3n) is 5.84. The van der Waals surface area contributed by atoms with Gasteiger partial charge in [-0.15, -0.1) is 0 Å². The maximum Gasteiger partial charge on any atom is 0.227 e. The zero-order valence-corrected chi connectivity index (χ0v) is 17.9. The summed E-state index contributed by atoms with van der Waals surface area (Å²) in [6.45, 7) is 2.87. The van der Waals surface area contributed by atoms with Crippen LogP contribution >= 0.6 is 11.6 Å². The van der Waals surface area contributed by atoms with Gasteiger partial charge in [0, 0.05) is 49.3 Å². The molecule has 2 heterocycles. The van der Waals surface area contributed by atoms with Crippen LogP contribution in [0.4, 0.5) is 5.95 Å². The van der Waals surface area contributed by atoms with Crippen molar-refractivity contribution in [3.63, 3.8) is 0 Å². The summed E-state index contributed by atoms with van der Waals surface area (Å²) < 4.78 is 2.04. The van der Waals surface area contributed by atoms with Crippen molar-refractivity contribution in [3.05, 3.63) is 89.7 Å². The molecule has 156 valence electrons. The van der Waals surface area contributed by atoms with Gasteiger partial charge in [0.2, 0.25) is 11.9 Å². The summed E-state index contributed by atoms with van der Waals surface area (Å²) in [5.41, 5.74) is 2.07. The van der Waals surface area contributed by atoms with E-state index in [9.17, 15) is 4.79 Å². The molecule has 0 spiro atoms. The summed E-state index contributed by atoms with van der Waals surface area (Å²) in [5, 5.41) is 3.02. The zero-order valence-electron chi connectivity index (χ0n) is 17.1. The average Bonchev–Trinajstić information content (AvgIpc) is 3.29. The summed E-state index contributed by atoms with van der Waals surface area (Å²) >= 11 is 6.17. The number of fused-ring (bicyclic) bond motifs is 1. The van der Waals surface area contributed by atoms with Crippen LogP contribution in [0, 0.1) is 0 Å². The number of hydrogen-bond acceptors (Lipinski definition) is 3. The van der Waals surface area contributed by atoms with Gasteiger partial charge in [-0.3, -0.25) is 9.36 Å². The van der Waals surface area contributed by atoms with Crippen molar-refractivity contribution in [3.8, 4) is 5.69 Å². The Balaban J connectivity index is 1.27. The van der Waals surface area contributed by atoms with Gasteiger partial charge in [-0.05, 0) is 34.5 Å². The van der Waals surface area contributed by atoms with Gasteiger partial charge >= 0.3 is 0 Å². The molecule has 5 rings (SSSR count). The number of rotatable bonds is 4. The van der Waals surface area contributed by atoms with Crippen molar-refractivity contribution >= 4 is 34.2 Å². The first-order valence-corrected chi connectivity index (χ1v) is 10.9. The van der Waals surface area contributed by atoms with Crippen molar-refractivity contribution in [1.29, 1.82) is 0 Å². The molecular formula is C25H23ClN4O. The van der Waals surface area contributed by atoms with Crippen LogP contribution in [0.2, 0.25) is 5.02 Å². The van der Waals surface area contributed by atoms with Crippen molar-refractivity contribution in [1.82, 2.24) is 14.5 Å². The number of carbonyl (C=O) groups is 1. The van der Waals surface area contributed by atoms with Gasteiger partial charge in [-0.25, -0.2) is 4.98 Å². The minimum absolute atomic E-state index is 0.175. The molecule has 1 saturated heterocycles. The second kappa shape index (κ2) is 8.44. The molecule has 6 heteroatoms. The van der Waals surface area contributed by atoms with E-state index >= 15 is 0 Å². The van der Waals surface area contributed by atoms with Crippen molar-refractivity contribution in [2.75, 3.05) is 31.1 Å². The number of imidazole rings is 1. The summed E-state index contributed by atoms with van der Waals surface area (Å²) in [7, 11) is 0. The summed E-state index contributed by atoms with van der Waals surface area (Å²) in [5.74, 6) is 1.05. The number of anilines is 1. The number of hydrogen-bond donors (Lipinski definition) is 0. The summed E-state index contributed by atoms with van der Waals surface area (Å²) in [6.07, 6.45) is 4.17. The molecule has 31 heavy (non-hydrogen) atoms. The molecule has 0 N–H and O–H groups in total. The third-order valence-corrected chi connectivity index (χ3v) is 6.08. The molecule has 0 atom stereocenters. The molecule has 5 nitrogen and oxygen atoms in total. The average molecular weight is 431 g/mol. The Bertz CT molecular complexity index is 1220. The SMILES string of the molecule is O=C(Cc1cccc2ccccc12)N1CCN(c2nccn2-c2cccc(Cl)c2)CC1. The highest BCUT2D eigenvalue weighted by atomic mass is 35.5. The molecule has 0 bridgehead atoms. The molecule has 1 aliphatic heterocycles. The number of halogens is 1. The summed E-state index contributed by atoms with van der Waals surface area (Å²) in [4.78, 5) is 21.8. The second-order valence-corrected chi connectivity index (χ2v) is 8.20. The molecule has 1 amide bonds. The Morgan fingerprint density at radius 3 is 2.55 bits per heavy atom. The first-order chi connectivity index (χ1) is 15.2. The summed E-state index contributed by atoms with van der Waals surface area (Å²) in [6, 6.07) is 22.1. The highest BCUT2D eigenvalue weighted by Gasteiger charge is 2.24. The number of aromatic nitrogens is 2. The first kappa shape index (κ1) is 19.6. The van der Waals surface area contributed by atoms with E-state index in [-0.39, 0.29) is 5.91 Å². The van der Waals surface area contributed by atoms with Crippen LogP contribution in [0.3, 0.4) is 0 Å². The highest BCUT2D eigenvalue weighted by Crippen LogP contribution is 2.23. The molecule has 3 aromatic carbocycles. The Labute approximate surface area is 186 Å². The number of carbonyl (C=O) groups excluding carboxylic acids is 1. The number of piperazine rings is 1. The monoisotopic (exact) mass is 430 g/mol. The molecule has 0 unspecified atom stereocenters.